The number of fused-ring (bicyclic) bond motifs is 1. The predicted molar refractivity (Wildman–Crippen MR) is 76.6 cm³/mol. The lowest BCUT2D eigenvalue weighted by atomic mass is 9.69. The van der Waals surface area contributed by atoms with Gasteiger partial charge in [-0.05, 0) is 55.3 Å². The molecule has 1 atom stereocenters. The van der Waals surface area contributed by atoms with Crippen LogP contribution in [0.2, 0.25) is 0 Å². The van der Waals surface area contributed by atoms with Crippen LogP contribution < -0.4 is 5.32 Å². The van der Waals surface area contributed by atoms with Crippen LogP contribution in [0, 0.1) is 0 Å². The second-order valence-corrected chi connectivity index (χ2v) is 6.49. The molecule has 1 aromatic rings. The molecule has 0 saturated carbocycles. The average molecular weight is 257 g/mol. The van der Waals surface area contributed by atoms with Gasteiger partial charge in [-0.25, -0.2) is 0 Å². The van der Waals surface area contributed by atoms with Crippen LogP contribution >= 0.6 is 0 Å². The fourth-order valence-electron chi connectivity index (χ4n) is 4.10. The van der Waals surface area contributed by atoms with E-state index < -0.39 is 0 Å². The highest BCUT2D eigenvalue weighted by Gasteiger charge is 2.47. The molecule has 2 heterocycles. The van der Waals surface area contributed by atoms with Crippen molar-refractivity contribution in [2.24, 2.45) is 0 Å². The number of aryl methyl sites for hydroxylation is 2. The van der Waals surface area contributed by atoms with Gasteiger partial charge in [0.15, 0.2) is 0 Å². The largest absolute Gasteiger partial charge is 0.379 e. The molecule has 2 saturated heterocycles. The van der Waals surface area contributed by atoms with E-state index >= 15 is 0 Å². The summed E-state index contributed by atoms with van der Waals surface area (Å²) in [6.07, 6.45) is 7.89. The molecule has 4 rings (SSSR count). The molecular weight excluding hydrogens is 234 g/mol. The van der Waals surface area contributed by atoms with Gasteiger partial charge in [0.1, 0.15) is 0 Å². The van der Waals surface area contributed by atoms with Gasteiger partial charge in [0.25, 0.3) is 0 Å². The second kappa shape index (κ2) is 4.60. The van der Waals surface area contributed by atoms with Crippen LogP contribution in [0.1, 0.15) is 42.4 Å². The van der Waals surface area contributed by atoms with Crippen molar-refractivity contribution in [2.45, 2.75) is 50.0 Å². The highest BCUT2D eigenvalue weighted by atomic mass is 16.5. The van der Waals surface area contributed by atoms with Crippen molar-refractivity contribution in [3.05, 3.63) is 34.9 Å². The molecule has 0 amide bonds. The first-order valence-corrected chi connectivity index (χ1v) is 7.82. The van der Waals surface area contributed by atoms with Crippen molar-refractivity contribution in [2.75, 3.05) is 19.8 Å². The lowest BCUT2D eigenvalue weighted by Crippen LogP contribution is -2.61. The molecule has 0 aromatic heterocycles. The molecule has 2 heteroatoms. The minimum Gasteiger partial charge on any atom is -0.379 e. The molecule has 0 spiro atoms. The third-order valence-corrected chi connectivity index (χ3v) is 5.37. The Hall–Kier alpha value is -0.860. The van der Waals surface area contributed by atoms with E-state index in [9.17, 15) is 0 Å². The van der Waals surface area contributed by atoms with Gasteiger partial charge >= 0.3 is 0 Å². The zero-order valence-electron chi connectivity index (χ0n) is 11.6. The minimum absolute atomic E-state index is 0.262. The highest BCUT2D eigenvalue weighted by Crippen LogP contribution is 2.40. The third kappa shape index (κ3) is 1.85. The monoisotopic (exact) mass is 257 g/mol. The molecule has 0 radical (unpaired) electrons. The summed E-state index contributed by atoms with van der Waals surface area (Å²) in [5.74, 6) is 0. The molecular formula is C17H23NO. The van der Waals surface area contributed by atoms with Crippen LogP contribution in [0.15, 0.2) is 18.2 Å². The van der Waals surface area contributed by atoms with E-state index in [1.165, 1.54) is 50.6 Å². The van der Waals surface area contributed by atoms with Crippen molar-refractivity contribution in [3.8, 4) is 0 Å². The maximum Gasteiger partial charge on any atom is 0.0600 e. The molecule has 2 aliphatic heterocycles. The second-order valence-electron chi connectivity index (χ2n) is 6.49. The number of hydrogen-bond donors (Lipinski definition) is 1. The molecule has 2 nitrogen and oxygen atoms in total. The number of benzene rings is 1. The summed E-state index contributed by atoms with van der Waals surface area (Å²) in [6, 6.07) is 7.86. The fraction of sp³-hybridized carbons (Fsp3) is 0.647. The number of nitrogens with one attached hydrogen (secondary N) is 1. The first kappa shape index (κ1) is 11.9. The quantitative estimate of drug-likeness (QED) is 0.879. The minimum atomic E-state index is 0.262. The maximum absolute atomic E-state index is 5.63. The van der Waals surface area contributed by atoms with Gasteiger partial charge in [-0.1, -0.05) is 24.6 Å². The summed E-state index contributed by atoms with van der Waals surface area (Å²) in [6.45, 7) is 2.99. The molecule has 0 bridgehead atoms. The lowest BCUT2D eigenvalue weighted by Gasteiger charge is -2.49. The standard InChI is InChI=1S/C17H23NO/c1-2-9-18-16(6-1)17(11-19-12-17)15-8-7-13-4-3-5-14(13)10-15/h7-8,10,16,18H,1-6,9,11-12H2. The Bertz CT molecular complexity index is 472. The van der Waals surface area contributed by atoms with Crippen molar-refractivity contribution >= 4 is 0 Å². The Morgan fingerprint density at radius 3 is 2.68 bits per heavy atom. The lowest BCUT2D eigenvalue weighted by molar-refractivity contribution is -0.0827. The summed E-state index contributed by atoms with van der Waals surface area (Å²) in [4.78, 5) is 0. The summed E-state index contributed by atoms with van der Waals surface area (Å²) < 4.78 is 5.63. The van der Waals surface area contributed by atoms with Gasteiger partial charge in [-0.15, -0.1) is 0 Å². The van der Waals surface area contributed by atoms with Crippen LogP contribution in [-0.2, 0) is 23.0 Å². The van der Waals surface area contributed by atoms with Gasteiger partial charge in [0.05, 0.1) is 18.6 Å². The van der Waals surface area contributed by atoms with Crippen molar-refractivity contribution in [1.82, 2.24) is 5.32 Å². The highest BCUT2D eigenvalue weighted by molar-refractivity contribution is 5.41. The first-order valence-electron chi connectivity index (χ1n) is 7.82. The van der Waals surface area contributed by atoms with Gasteiger partial charge in [0, 0.05) is 6.04 Å². The number of hydrogen-bond acceptors (Lipinski definition) is 2. The summed E-state index contributed by atoms with van der Waals surface area (Å²) >= 11 is 0. The van der Waals surface area contributed by atoms with Gasteiger partial charge in [-0.3, -0.25) is 0 Å². The SMILES string of the molecule is c1cc2c(cc1C1(C3CCCCN3)COC1)CCC2. The van der Waals surface area contributed by atoms with Gasteiger partial charge in [-0.2, -0.15) is 0 Å². The summed E-state index contributed by atoms with van der Waals surface area (Å²) in [5.41, 5.74) is 4.96. The van der Waals surface area contributed by atoms with E-state index in [0.717, 1.165) is 13.2 Å². The first-order chi connectivity index (χ1) is 9.38. The van der Waals surface area contributed by atoms with E-state index in [0.29, 0.717) is 6.04 Å². The van der Waals surface area contributed by atoms with Crippen LogP contribution in [0.3, 0.4) is 0 Å². The van der Waals surface area contributed by atoms with Crippen LogP contribution in [0.5, 0.6) is 0 Å². The van der Waals surface area contributed by atoms with Crippen LogP contribution in [-0.4, -0.2) is 25.8 Å². The van der Waals surface area contributed by atoms with Gasteiger partial charge in [0.2, 0.25) is 0 Å². The number of ether oxygens (including phenoxy) is 1. The zero-order chi connectivity index (χ0) is 12.7. The average Bonchev–Trinajstić information content (AvgIpc) is 2.86. The molecule has 1 aromatic carbocycles. The van der Waals surface area contributed by atoms with E-state index in [4.69, 9.17) is 4.74 Å². The molecule has 102 valence electrons. The molecule has 1 unspecified atom stereocenters. The van der Waals surface area contributed by atoms with Crippen molar-refractivity contribution in [3.63, 3.8) is 0 Å². The van der Waals surface area contributed by atoms with Crippen molar-refractivity contribution in [1.29, 1.82) is 0 Å². The Morgan fingerprint density at radius 1 is 1.05 bits per heavy atom. The normalized spacial score (nSPS) is 28.7. The van der Waals surface area contributed by atoms with E-state index in [1.54, 1.807) is 11.1 Å². The molecule has 3 aliphatic rings. The Morgan fingerprint density at radius 2 is 1.95 bits per heavy atom. The summed E-state index contributed by atoms with van der Waals surface area (Å²) in [5, 5.41) is 3.75. The molecule has 2 fully saturated rings. The Kier molecular flexibility index (Phi) is 2.89. The third-order valence-electron chi connectivity index (χ3n) is 5.37. The van der Waals surface area contributed by atoms with Crippen LogP contribution in [0.25, 0.3) is 0 Å². The molecule has 1 aliphatic carbocycles. The summed E-state index contributed by atoms with van der Waals surface area (Å²) in [7, 11) is 0. The Labute approximate surface area is 115 Å². The van der Waals surface area contributed by atoms with Crippen molar-refractivity contribution < 1.29 is 4.74 Å². The molecule has 19 heavy (non-hydrogen) atoms. The van der Waals surface area contributed by atoms with Gasteiger partial charge < -0.3 is 10.1 Å². The topological polar surface area (TPSA) is 21.3 Å². The predicted octanol–water partition coefficient (Wildman–Crippen LogP) is 2.59. The molecule has 1 N–H and O–H groups in total. The fourth-order valence-corrected chi connectivity index (χ4v) is 4.10. The number of rotatable bonds is 2. The van der Waals surface area contributed by atoms with E-state index in [1.807, 2.05) is 0 Å². The van der Waals surface area contributed by atoms with E-state index in [2.05, 4.69) is 23.5 Å². The maximum atomic E-state index is 5.63. The smallest absolute Gasteiger partial charge is 0.0600 e. The van der Waals surface area contributed by atoms with E-state index in [-0.39, 0.29) is 5.41 Å². The zero-order valence-corrected chi connectivity index (χ0v) is 11.6. The number of piperidine rings is 1. The van der Waals surface area contributed by atoms with Crippen LogP contribution in [0.4, 0.5) is 0 Å². The Balaban J connectivity index is 1.68.